The lowest BCUT2D eigenvalue weighted by molar-refractivity contribution is -0.175. The topological polar surface area (TPSA) is 110 Å². The van der Waals surface area contributed by atoms with E-state index < -0.39 is 48.6 Å². The van der Waals surface area contributed by atoms with Crippen molar-refractivity contribution in [2.45, 2.75) is 97.4 Å². The van der Waals surface area contributed by atoms with Crippen molar-refractivity contribution >= 4 is 17.9 Å². The zero-order valence-electron chi connectivity index (χ0n) is 17.8. The molecule has 162 valence electrons. The number of hydrogen-bond acceptors (Lipinski definition) is 6. The minimum absolute atomic E-state index is 0.0521. The fourth-order valence-electron chi connectivity index (χ4n) is 3.40. The van der Waals surface area contributed by atoms with Gasteiger partial charge in [-0.25, -0.2) is 4.79 Å². The van der Waals surface area contributed by atoms with E-state index in [1.54, 1.807) is 0 Å². The second kappa shape index (κ2) is 10.8. The first-order valence-corrected chi connectivity index (χ1v) is 10.3. The summed E-state index contributed by atoms with van der Waals surface area (Å²) in [5, 5.41) is 19.7. The van der Waals surface area contributed by atoms with Crippen LogP contribution in [0.4, 0.5) is 0 Å². The summed E-state index contributed by atoms with van der Waals surface area (Å²) in [6.07, 6.45) is 1.14. The van der Waals surface area contributed by atoms with Gasteiger partial charge < -0.3 is 19.7 Å². The van der Waals surface area contributed by atoms with Crippen molar-refractivity contribution < 1.29 is 34.1 Å². The maximum Gasteiger partial charge on any atom is 0.336 e. The average molecular weight is 401 g/mol. The molecular formula is C21H36O7. The van der Waals surface area contributed by atoms with E-state index in [1.807, 2.05) is 6.92 Å². The molecule has 0 aliphatic carbocycles. The Labute approximate surface area is 167 Å². The van der Waals surface area contributed by atoms with Crippen LogP contribution in [0.5, 0.6) is 0 Å². The van der Waals surface area contributed by atoms with Crippen LogP contribution in [0.2, 0.25) is 0 Å². The predicted molar refractivity (Wildman–Crippen MR) is 104 cm³/mol. The van der Waals surface area contributed by atoms with Crippen molar-refractivity contribution in [2.75, 3.05) is 0 Å². The molecular weight excluding hydrogens is 364 g/mol. The second-order valence-corrected chi connectivity index (χ2v) is 8.99. The molecule has 0 saturated carbocycles. The Balaban J connectivity index is 3.09. The SMILES string of the molecule is CC(C)CCC1CC(C)C(CCC(C)C)OC(=O)CC(O)(C(=O)O)CC(=O)O1. The lowest BCUT2D eigenvalue weighted by Crippen LogP contribution is -2.44. The van der Waals surface area contributed by atoms with E-state index in [0.717, 1.165) is 12.8 Å². The Hall–Kier alpha value is -1.63. The van der Waals surface area contributed by atoms with Gasteiger partial charge in [0.2, 0.25) is 0 Å². The third kappa shape index (κ3) is 8.17. The van der Waals surface area contributed by atoms with Gasteiger partial charge >= 0.3 is 17.9 Å². The van der Waals surface area contributed by atoms with Gasteiger partial charge in [0.25, 0.3) is 0 Å². The zero-order valence-corrected chi connectivity index (χ0v) is 17.8. The number of carboxylic acids is 1. The Kier molecular flexibility index (Phi) is 9.40. The highest BCUT2D eigenvalue weighted by Crippen LogP contribution is 2.28. The normalized spacial score (nSPS) is 29.9. The first-order valence-electron chi connectivity index (χ1n) is 10.3. The van der Waals surface area contributed by atoms with Crippen LogP contribution in [0.25, 0.3) is 0 Å². The number of aliphatic hydroxyl groups is 1. The maximum absolute atomic E-state index is 12.3. The molecule has 7 heteroatoms. The van der Waals surface area contributed by atoms with Gasteiger partial charge in [0.15, 0.2) is 5.60 Å². The molecule has 0 aromatic carbocycles. The fraction of sp³-hybridized carbons (Fsp3) is 0.857. The highest BCUT2D eigenvalue weighted by atomic mass is 16.6. The molecule has 1 rings (SSSR count). The zero-order chi connectivity index (χ0) is 21.5. The van der Waals surface area contributed by atoms with Crippen LogP contribution in [-0.2, 0) is 23.9 Å². The molecule has 0 radical (unpaired) electrons. The first-order chi connectivity index (χ1) is 12.9. The quantitative estimate of drug-likeness (QED) is 0.631. The standard InChI is InChI=1S/C21H36O7/c1-13(2)6-8-16-10-15(5)17(9-7-14(3)4)28-19(23)12-21(26,20(24)25)11-18(22)27-16/h13-17,26H,6-12H2,1-5H3,(H,24,25). The molecule has 0 bridgehead atoms. The number of rotatable bonds is 7. The number of hydrogen-bond donors (Lipinski definition) is 2. The van der Waals surface area contributed by atoms with Gasteiger partial charge in [-0.15, -0.1) is 0 Å². The summed E-state index contributed by atoms with van der Waals surface area (Å²) in [6.45, 7) is 10.3. The molecule has 28 heavy (non-hydrogen) atoms. The summed E-state index contributed by atoms with van der Waals surface area (Å²) >= 11 is 0. The van der Waals surface area contributed by atoms with Crippen molar-refractivity contribution in [1.29, 1.82) is 0 Å². The minimum Gasteiger partial charge on any atom is -0.479 e. The van der Waals surface area contributed by atoms with Gasteiger partial charge in [0.1, 0.15) is 12.2 Å². The van der Waals surface area contributed by atoms with E-state index in [2.05, 4.69) is 27.7 Å². The largest absolute Gasteiger partial charge is 0.479 e. The molecule has 1 heterocycles. The lowest BCUT2D eigenvalue weighted by Gasteiger charge is -2.28. The summed E-state index contributed by atoms with van der Waals surface area (Å²) in [5.74, 6) is -2.44. The summed E-state index contributed by atoms with van der Waals surface area (Å²) < 4.78 is 11.1. The molecule has 0 aromatic heterocycles. The van der Waals surface area contributed by atoms with Gasteiger partial charge in [0.05, 0.1) is 12.8 Å². The van der Waals surface area contributed by atoms with Crippen molar-refractivity contribution in [3.63, 3.8) is 0 Å². The van der Waals surface area contributed by atoms with E-state index in [0.29, 0.717) is 31.1 Å². The van der Waals surface area contributed by atoms with Crippen LogP contribution in [0.1, 0.15) is 79.6 Å². The summed E-state index contributed by atoms with van der Waals surface area (Å²) in [6, 6.07) is 0. The molecule has 0 spiro atoms. The summed E-state index contributed by atoms with van der Waals surface area (Å²) in [4.78, 5) is 36.1. The fourth-order valence-corrected chi connectivity index (χ4v) is 3.40. The van der Waals surface area contributed by atoms with Crippen LogP contribution in [0.3, 0.4) is 0 Å². The molecule has 0 aromatic rings. The number of esters is 2. The molecule has 1 saturated heterocycles. The van der Waals surface area contributed by atoms with Crippen LogP contribution >= 0.6 is 0 Å². The minimum atomic E-state index is -2.52. The highest BCUT2D eigenvalue weighted by molar-refractivity contribution is 5.89. The van der Waals surface area contributed by atoms with Crippen LogP contribution < -0.4 is 0 Å². The Bertz CT molecular complexity index is 543. The van der Waals surface area contributed by atoms with Crippen molar-refractivity contribution in [3.05, 3.63) is 0 Å². The van der Waals surface area contributed by atoms with Gasteiger partial charge in [-0.05, 0) is 49.9 Å². The van der Waals surface area contributed by atoms with Crippen molar-refractivity contribution in [3.8, 4) is 0 Å². The molecule has 1 aliphatic heterocycles. The molecule has 2 N–H and O–H groups in total. The predicted octanol–water partition coefficient (Wildman–Crippen LogP) is 3.32. The lowest BCUT2D eigenvalue weighted by atomic mass is 9.90. The number of carboxylic acid groups (broad SMARTS) is 1. The molecule has 1 fully saturated rings. The number of carbonyl (C=O) groups is 3. The second-order valence-electron chi connectivity index (χ2n) is 8.99. The van der Waals surface area contributed by atoms with E-state index in [1.165, 1.54) is 0 Å². The van der Waals surface area contributed by atoms with E-state index in [4.69, 9.17) is 9.47 Å². The van der Waals surface area contributed by atoms with Crippen LogP contribution in [0.15, 0.2) is 0 Å². The van der Waals surface area contributed by atoms with Gasteiger partial charge in [-0.2, -0.15) is 0 Å². The van der Waals surface area contributed by atoms with Crippen molar-refractivity contribution in [1.82, 2.24) is 0 Å². The average Bonchev–Trinajstić information content (AvgIpc) is 2.56. The molecule has 7 nitrogen and oxygen atoms in total. The van der Waals surface area contributed by atoms with Crippen molar-refractivity contribution in [2.24, 2.45) is 17.8 Å². The Morgan fingerprint density at radius 1 is 1.04 bits per heavy atom. The third-order valence-electron chi connectivity index (χ3n) is 5.22. The van der Waals surface area contributed by atoms with Gasteiger partial charge in [-0.3, -0.25) is 9.59 Å². The van der Waals surface area contributed by atoms with E-state index >= 15 is 0 Å². The van der Waals surface area contributed by atoms with Gasteiger partial charge in [-0.1, -0.05) is 34.6 Å². The number of aliphatic carboxylic acids is 1. The maximum atomic E-state index is 12.3. The Morgan fingerprint density at radius 3 is 2.04 bits per heavy atom. The first kappa shape index (κ1) is 24.4. The monoisotopic (exact) mass is 400 g/mol. The summed E-state index contributed by atoms with van der Waals surface area (Å²) in [5.41, 5.74) is -2.52. The number of cyclic esters (lactones) is 2. The molecule has 4 atom stereocenters. The third-order valence-corrected chi connectivity index (χ3v) is 5.22. The molecule has 4 unspecified atom stereocenters. The Morgan fingerprint density at radius 2 is 1.54 bits per heavy atom. The molecule has 1 aliphatic rings. The highest BCUT2D eigenvalue weighted by Gasteiger charge is 2.43. The van der Waals surface area contributed by atoms with Crippen LogP contribution in [-0.4, -0.2) is 45.9 Å². The number of ether oxygens (including phenoxy) is 2. The van der Waals surface area contributed by atoms with E-state index in [-0.39, 0.29) is 5.92 Å². The van der Waals surface area contributed by atoms with Crippen LogP contribution in [0, 0.1) is 17.8 Å². The van der Waals surface area contributed by atoms with E-state index in [9.17, 15) is 24.6 Å². The van der Waals surface area contributed by atoms with Gasteiger partial charge in [0, 0.05) is 0 Å². The number of carbonyl (C=O) groups excluding carboxylic acids is 2. The molecule has 0 amide bonds. The smallest absolute Gasteiger partial charge is 0.336 e. The summed E-state index contributed by atoms with van der Waals surface area (Å²) in [7, 11) is 0.